The summed E-state index contributed by atoms with van der Waals surface area (Å²) in [6, 6.07) is 8.69. The number of benzene rings is 1. The molecule has 26 heavy (non-hydrogen) atoms. The van der Waals surface area contributed by atoms with Crippen LogP contribution in [-0.2, 0) is 11.2 Å². The molecule has 1 N–H and O–H groups in total. The maximum atomic E-state index is 12.5. The van der Waals surface area contributed by atoms with E-state index >= 15 is 0 Å². The number of hydrogen-bond donors (Lipinski definition) is 1. The number of carbonyl (C=O) groups excluding carboxylic acids is 2. The fourth-order valence-corrected chi connectivity index (χ4v) is 2.72. The maximum Gasteiger partial charge on any atom is 0.324 e. The number of urea groups is 1. The van der Waals surface area contributed by atoms with Gasteiger partial charge in [0.05, 0.1) is 12.3 Å². The summed E-state index contributed by atoms with van der Waals surface area (Å²) in [6.07, 6.45) is 2.72. The Hall–Kier alpha value is -2.90. The first-order valence-corrected chi connectivity index (χ1v) is 8.75. The van der Waals surface area contributed by atoms with Crippen molar-refractivity contribution in [1.29, 1.82) is 0 Å². The number of aromatic nitrogens is 3. The average Bonchev–Trinajstić information content (AvgIpc) is 3.19. The van der Waals surface area contributed by atoms with Crippen molar-refractivity contribution in [2.24, 2.45) is 0 Å². The quantitative estimate of drug-likeness (QED) is 0.575. The Morgan fingerprint density at radius 3 is 2.69 bits per heavy atom. The minimum atomic E-state index is -0.588. The summed E-state index contributed by atoms with van der Waals surface area (Å²) in [7, 11) is 0. The molecule has 3 amide bonds. The SMILES string of the molecule is CC(C)n1cc(C[C@@H]2NC(=O)N(CCCOc3ccccc3)C2=O)nn1. The van der Waals surface area contributed by atoms with E-state index in [0.29, 0.717) is 31.7 Å². The lowest BCUT2D eigenvalue weighted by Gasteiger charge is -2.13. The zero-order valence-electron chi connectivity index (χ0n) is 15.0. The number of ether oxygens (including phenoxy) is 1. The smallest absolute Gasteiger partial charge is 0.324 e. The summed E-state index contributed by atoms with van der Waals surface area (Å²) in [5, 5.41) is 10.8. The fourth-order valence-electron chi connectivity index (χ4n) is 2.72. The Morgan fingerprint density at radius 1 is 1.23 bits per heavy atom. The second-order valence-corrected chi connectivity index (χ2v) is 6.49. The van der Waals surface area contributed by atoms with Crippen LogP contribution in [0.1, 0.15) is 32.0 Å². The highest BCUT2D eigenvalue weighted by molar-refractivity contribution is 6.04. The second-order valence-electron chi connectivity index (χ2n) is 6.49. The van der Waals surface area contributed by atoms with Gasteiger partial charge in [0.25, 0.3) is 5.91 Å². The van der Waals surface area contributed by atoms with Crippen LogP contribution in [0.3, 0.4) is 0 Å². The van der Waals surface area contributed by atoms with E-state index < -0.39 is 6.04 Å². The van der Waals surface area contributed by atoms with E-state index in [-0.39, 0.29) is 18.0 Å². The number of rotatable bonds is 8. The predicted molar refractivity (Wildman–Crippen MR) is 94.7 cm³/mol. The summed E-state index contributed by atoms with van der Waals surface area (Å²) >= 11 is 0. The number of nitrogens with zero attached hydrogens (tertiary/aromatic N) is 4. The lowest BCUT2D eigenvalue weighted by atomic mass is 10.1. The van der Waals surface area contributed by atoms with Gasteiger partial charge in [-0.05, 0) is 32.4 Å². The number of para-hydroxylation sites is 1. The molecular weight excluding hydrogens is 334 g/mol. The molecule has 1 aliphatic rings. The summed E-state index contributed by atoms with van der Waals surface area (Å²) in [5.74, 6) is 0.546. The van der Waals surface area contributed by atoms with Crippen LogP contribution in [0, 0.1) is 0 Å². The summed E-state index contributed by atoms with van der Waals surface area (Å²) in [6.45, 7) is 4.77. The molecule has 1 aromatic heterocycles. The topological polar surface area (TPSA) is 89.4 Å². The molecule has 8 heteroatoms. The third-order valence-corrected chi connectivity index (χ3v) is 4.15. The molecule has 1 fully saturated rings. The van der Waals surface area contributed by atoms with E-state index in [9.17, 15) is 9.59 Å². The molecule has 0 bridgehead atoms. The minimum absolute atomic E-state index is 0.200. The van der Waals surface area contributed by atoms with Crippen molar-refractivity contribution in [1.82, 2.24) is 25.2 Å². The minimum Gasteiger partial charge on any atom is -0.494 e. The molecule has 0 unspecified atom stereocenters. The molecule has 1 aromatic carbocycles. The third-order valence-electron chi connectivity index (χ3n) is 4.15. The second kappa shape index (κ2) is 7.99. The van der Waals surface area contributed by atoms with E-state index in [0.717, 1.165) is 5.75 Å². The number of carbonyl (C=O) groups is 2. The molecule has 3 rings (SSSR count). The molecule has 2 heterocycles. The first-order chi connectivity index (χ1) is 12.5. The van der Waals surface area contributed by atoms with Gasteiger partial charge in [0, 0.05) is 25.2 Å². The molecule has 0 radical (unpaired) electrons. The monoisotopic (exact) mass is 357 g/mol. The van der Waals surface area contributed by atoms with Crippen LogP contribution < -0.4 is 10.1 Å². The predicted octanol–water partition coefficient (Wildman–Crippen LogP) is 1.79. The molecule has 2 aromatic rings. The molecule has 8 nitrogen and oxygen atoms in total. The number of imide groups is 1. The summed E-state index contributed by atoms with van der Waals surface area (Å²) < 4.78 is 7.32. The van der Waals surface area contributed by atoms with Gasteiger partial charge in [0.2, 0.25) is 0 Å². The Bertz CT molecular complexity index is 759. The van der Waals surface area contributed by atoms with Crippen molar-refractivity contribution in [3.8, 4) is 5.75 Å². The highest BCUT2D eigenvalue weighted by Crippen LogP contribution is 2.13. The van der Waals surface area contributed by atoms with Gasteiger partial charge < -0.3 is 10.1 Å². The average molecular weight is 357 g/mol. The Morgan fingerprint density at radius 2 is 2.00 bits per heavy atom. The third kappa shape index (κ3) is 4.19. The Kier molecular flexibility index (Phi) is 5.50. The van der Waals surface area contributed by atoms with Gasteiger partial charge in [-0.3, -0.25) is 9.69 Å². The molecule has 1 aliphatic heterocycles. The van der Waals surface area contributed by atoms with Crippen molar-refractivity contribution < 1.29 is 14.3 Å². The molecule has 1 saturated heterocycles. The lowest BCUT2D eigenvalue weighted by Crippen LogP contribution is -2.33. The van der Waals surface area contributed by atoms with Crippen molar-refractivity contribution in [2.75, 3.05) is 13.2 Å². The highest BCUT2D eigenvalue weighted by atomic mass is 16.5. The maximum absolute atomic E-state index is 12.5. The molecule has 0 saturated carbocycles. The van der Waals surface area contributed by atoms with E-state index in [1.54, 1.807) is 10.9 Å². The summed E-state index contributed by atoms with van der Waals surface area (Å²) in [5.41, 5.74) is 0.687. The zero-order chi connectivity index (χ0) is 18.5. The van der Waals surface area contributed by atoms with Crippen LogP contribution in [0.15, 0.2) is 36.5 Å². The molecule has 0 spiro atoms. The van der Waals surface area contributed by atoms with Crippen molar-refractivity contribution in [3.63, 3.8) is 0 Å². The normalized spacial score (nSPS) is 17.0. The van der Waals surface area contributed by atoms with Gasteiger partial charge in [0.1, 0.15) is 11.8 Å². The van der Waals surface area contributed by atoms with Gasteiger partial charge in [-0.15, -0.1) is 5.10 Å². The van der Waals surface area contributed by atoms with Crippen LogP contribution in [0.5, 0.6) is 5.75 Å². The first kappa shape index (κ1) is 17.9. The van der Waals surface area contributed by atoms with Crippen LogP contribution in [-0.4, -0.2) is 51.0 Å². The van der Waals surface area contributed by atoms with E-state index in [1.165, 1.54) is 4.90 Å². The Balaban J connectivity index is 1.48. The van der Waals surface area contributed by atoms with Gasteiger partial charge in [-0.25, -0.2) is 9.48 Å². The molecule has 0 aliphatic carbocycles. The van der Waals surface area contributed by atoms with Crippen molar-refractivity contribution in [3.05, 3.63) is 42.2 Å². The van der Waals surface area contributed by atoms with Crippen molar-refractivity contribution in [2.45, 2.75) is 38.8 Å². The van der Waals surface area contributed by atoms with Gasteiger partial charge >= 0.3 is 6.03 Å². The fraction of sp³-hybridized carbons (Fsp3) is 0.444. The first-order valence-electron chi connectivity index (χ1n) is 8.75. The lowest BCUT2D eigenvalue weighted by molar-refractivity contribution is -0.127. The summed E-state index contributed by atoms with van der Waals surface area (Å²) in [4.78, 5) is 25.8. The van der Waals surface area contributed by atoms with E-state index in [1.807, 2.05) is 44.2 Å². The number of amides is 3. The van der Waals surface area contributed by atoms with Gasteiger partial charge in [0.15, 0.2) is 0 Å². The largest absolute Gasteiger partial charge is 0.494 e. The van der Waals surface area contributed by atoms with Crippen LogP contribution in [0.2, 0.25) is 0 Å². The van der Waals surface area contributed by atoms with Crippen molar-refractivity contribution >= 4 is 11.9 Å². The molecule has 138 valence electrons. The van der Waals surface area contributed by atoms with E-state index in [4.69, 9.17) is 4.74 Å². The Labute approximate surface area is 152 Å². The van der Waals surface area contributed by atoms with E-state index in [2.05, 4.69) is 15.6 Å². The standard InChI is InChI=1S/C18H23N5O3/c1-13(2)23-12-14(20-21-23)11-16-17(24)22(18(25)19-16)9-6-10-26-15-7-4-3-5-8-15/h3-5,7-8,12-13,16H,6,9-11H2,1-2H3,(H,19,25)/t16-/m0/s1. The van der Waals surface area contributed by atoms with Crippen LogP contribution in [0.25, 0.3) is 0 Å². The zero-order valence-corrected chi connectivity index (χ0v) is 15.0. The molecule has 1 atom stereocenters. The van der Waals surface area contributed by atoms with Crippen LogP contribution >= 0.6 is 0 Å². The molecular formula is C18H23N5O3. The number of nitrogens with one attached hydrogen (secondary N) is 1. The van der Waals surface area contributed by atoms with Crippen LogP contribution in [0.4, 0.5) is 4.79 Å². The number of hydrogen-bond acceptors (Lipinski definition) is 5. The highest BCUT2D eigenvalue weighted by Gasteiger charge is 2.37. The van der Waals surface area contributed by atoms with Gasteiger partial charge in [-0.1, -0.05) is 23.4 Å². The van der Waals surface area contributed by atoms with Gasteiger partial charge in [-0.2, -0.15) is 0 Å².